The van der Waals surface area contributed by atoms with Gasteiger partial charge in [-0.05, 0) is 32.9 Å². The van der Waals surface area contributed by atoms with Gasteiger partial charge in [0.15, 0.2) is 5.58 Å². The quantitative estimate of drug-likeness (QED) is 0.650. The van der Waals surface area contributed by atoms with Crippen molar-refractivity contribution in [3.05, 3.63) is 28.3 Å². The molecule has 21 heavy (non-hydrogen) atoms. The van der Waals surface area contributed by atoms with Gasteiger partial charge in [-0.15, -0.1) is 0 Å². The lowest BCUT2D eigenvalue weighted by molar-refractivity contribution is -0.384. The Kier molecular flexibility index (Phi) is 3.50. The molecule has 0 saturated heterocycles. The molecule has 1 fully saturated rings. The lowest BCUT2D eigenvalue weighted by atomic mass is 10.3. The summed E-state index contributed by atoms with van der Waals surface area (Å²) in [5.74, 6) is 0. The van der Waals surface area contributed by atoms with Gasteiger partial charge in [-0.2, -0.15) is 4.98 Å². The van der Waals surface area contributed by atoms with Crippen molar-refractivity contribution >= 4 is 22.8 Å². The first-order chi connectivity index (χ1) is 10.0. The van der Waals surface area contributed by atoms with Gasteiger partial charge in [0, 0.05) is 30.8 Å². The van der Waals surface area contributed by atoms with E-state index in [1.165, 1.54) is 25.0 Å². The monoisotopic (exact) mass is 290 g/mol. The minimum absolute atomic E-state index is 0.0178. The van der Waals surface area contributed by atoms with Crippen LogP contribution in [-0.2, 0) is 0 Å². The number of nitrogens with one attached hydrogen (secondary N) is 1. The molecule has 7 nitrogen and oxygen atoms in total. The van der Waals surface area contributed by atoms with Crippen LogP contribution < -0.4 is 5.32 Å². The van der Waals surface area contributed by atoms with E-state index in [1.807, 2.05) is 0 Å². The molecule has 1 aliphatic carbocycles. The molecule has 1 saturated carbocycles. The van der Waals surface area contributed by atoms with Crippen molar-refractivity contribution in [3.63, 3.8) is 0 Å². The zero-order chi connectivity index (χ0) is 15.0. The predicted molar refractivity (Wildman–Crippen MR) is 79.4 cm³/mol. The molecule has 1 N–H and O–H groups in total. The van der Waals surface area contributed by atoms with Gasteiger partial charge in [0.1, 0.15) is 5.52 Å². The van der Waals surface area contributed by atoms with E-state index < -0.39 is 4.92 Å². The van der Waals surface area contributed by atoms with Gasteiger partial charge in [0.25, 0.3) is 11.7 Å². The maximum atomic E-state index is 10.7. The fraction of sp³-hybridized carbons (Fsp3) is 0.500. The molecule has 0 radical (unpaired) electrons. The summed E-state index contributed by atoms with van der Waals surface area (Å²) in [5.41, 5.74) is 1.06. The topological polar surface area (TPSA) is 84.4 Å². The molecule has 0 aliphatic heterocycles. The van der Waals surface area contributed by atoms with Crippen LogP contribution in [0.4, 0.5) is 11.7 Å². The van der Waals surface area contributed by atoms with Crippen molar-refractivity contribution < 1.29 is 9.34 Å². The Morgan fingerprint density at radius 2 is 2.33 bits per heavy atom. The highest BCUT2D eigenvalue weighted by molar-refractivity contribution is 5.77. The van der Waals surface area contributed by atoms with Gasteiger partial charge in [0.2, 0.25) is 0 Å². The number of anilines is 1. The molecule has 1 aromatic heterocycles. The molecule has 1 aliphatic rings. The van der Waals surface area contributed by atoms with Crippen LogP contribution in [0.25, 0.3) is 11.1 Å². The first-order valence-electron chi connectivity index (χ1n) is 7.05. The second-order valence-corrected chi connectivity index (χ2v) is 5.55. The van der Waals surface area contributed by atoms with Crippen LogP contribution >= 0.6 is 0 Å². The standard InChI is InChI=1S/C14H18N4O3/c1-9(17(2)10-3-4-10)8-15-14-16-12-7-11(18(19)20)5-6-13(12)21-14/h5-7,9-10H,3-4,8H2,1-2H3,(H,15,16). The lowest BCUT2D eigenvalue weighted by Gasteiger charge is -2.24. The summed E-state index contributed by atoms with van der Waals surface area (Å²) in [6, 6.07) is 5.90. The zero-order valence-electron chi connectivity index (χ0n) is 12.1. The number of nitro benzene ring substituents is 1. The van der Waals surface area contributed by atoms with Crippen molar-refractivity contribution in [2.45, 2.75) is 31.8 Å². The highest BCUT2D eigenvalue weighted by Gasteiger charge is 2.29. The second kappa shape index (κ2) is 5.33. The fourth-order valence-electron chi connectivity index (χ4n) is 2.33. The summed E-state index contributed by atoms with van der Waals surface area (Å²) in [6.45, 7) is 2.88. The minimum Gasteiger partial charge on any atom is -0.424 e. The molecule has 0 amide bonds. The second-order valence-electron chi connectivity index (χ2n) is 5.55. The summed E-state index contributed by atoms with van der Waals surface area (Å²) >= 11 is 0. The van der Waals surface area contributed by atoms with Crippen LogP contribution in [0, 0.1) is 10.1 Å². The van der Waals surface area contributed by atoms with E-state index in [1.54, 1.807) is 6.07 Å². The summed E-state index contributed by atoms with van der Waals surface area (Å²) in [6.07, 6.45) is 2.54. The highest BCUT2D eigenvalue weighted by atomic mass is 16.6. The Morgan fingerprint density at radius 3 is 3.00 bits per heavy atom. The van der Waals surface area contributed by atoms with Gasteiger partial charge in [-0.3, -0.25) is 15.0 Å². The number of hydrogen-bond acceptors (Lipinski definition) is 6. The number of rotatable bonds is 6. The number of non-ortho nitro benzene ring substituents is 1. The number of benzene rings is 1. The normalized spacial score (nSPS) is 16.3. The van der Waals surface area contributed by atoms with E-state index in [-0.39, 0.29) is 5.69 Å². The summed E-state index contributed by atoms with van der Waals surface area (Å²) < 4.78 is 5.55. The van der Waals surface area contributed by atoms with E-state index in [2.05, 4.69) is 29.2 Å². The maximum absolute atomic E-state index is 10.7. The van der Waals surface area contributed by atoms with Gasteiger partial charge >= 0.3 is 0 Å². The van der Waals surface area contributed by atoms with Crippen molar-refractivity contribution in [2.24, 2.45) is 0 Å². The Balaban J connectivity index is 1.68. The van der Waals surface area contributed by atoms with Crippen LogP contribution in [0.5, 0.6) is 0 Å². The molecule has 1 atom stereocenters. The molecular formula is C14H18N4O3. The van der Waals surface area contributed by atoms with Crippen LogP contribution in [0.15, 0.2) is 22.6 Å². The Hall–Kier alpha value is -2.15. The number of aromatic nitrogens is 1. The number of nitrogens with zero attached hydrogens (tertiary/aromatic N) is 3. The maximum Gasteiger partial charge on any atom is 0.295 e. The SMILES string of the molecule is CC(CNc1nc2cc([N+](=O)[O-])ccc2o1)N(C)C1CC1. The average Bonchev–Trinajstić information content (AvgIpc) is 3.22. The van der Waals surface area contributed by atoms with Crippen molar-refractivity contribution in [3.8, 4) is 0 Å². The smallest absolute Gasteiger partial charge is 0.295 e. The van der Waals surface area contributed by atoms with E-state index in [9.17, 15) is 10.1 Å². The van der Waals surface area contributed by atoms with E-state index in [0.717, 1.165) is 6.54 Å². The number of nitro groups is 1. The molecule has 0 bridgehead atoms. The summed E-state index contributed by atoms with van der Waals surface area (Å²) in [7, 11) is 2.12. The molecule has 2 aromatic rings. The molecule has 0 spiro atoms. The Morgan fingerprint density at radius 1 is 1.57 bits per heavy atom. The highest BCUT2D eigenvalue weighted by Crippen LogP contribution is 2.27. The van der Waals surface area contributed by atoms with Gasteiger partial charge in [-0.1, -0.05) is 0 Å². The van der Waals surface area contributed by atoms with E-state index in [4.69, 9.17) is 4.42 Å². The van der Waals surface area contributed by atoms with Gasteiger partial charge in [-0.25, -0.2) is 0 Å². The third-order valence-electron chi connectivity index (χ3n) is 3.95. The lowest BCUT2D eigenvalue weighted by Crippen LogP contribution is -2.36. The van der Waals surface area contributed by atoms with Crippen LogP contribution in [0.3, 0.4) is 0 Å². The fourth-order valence-corrected chi connectivity index (χ4v) is 2.33. The molecule has 7 heteroatoms. The molecule has 112 valence electrons. The Bertz CT molecular complexity index is 665. The summed E-state index contributed by atoms with van der Waals surface area (Å²) in [4.78, 5) is 16.9. The summed E-state index contributed by atoms with van der Waals surface area (Å²) in [5, 5.41) is 13.9. The van der Waals surface area contributed by atoms with Crippen LogP contribution in [0.1, 0.15) is 19.8 Å². The molecule has 1 heterocycles. The molecule has 1 aromatic carbocycles. The number of oxazole rings is 1. The minimum atomic E-state index is -0.437. The average molecular weight is 290 g/mol. The van der Waals surface area contributed by atoms with Crippen molar-refractivity contribution in [1.29, 1.82) is 0 Å². The first-order valence-corrected chi connectivity index (χ1v) is 7.05. The Labute approximate surface area is 122 Å². The molecular weight excluding hydrogens is 272 g/mol. The van der Waals surface area contributed by atoms with Crippen molar-refractivity contribution in [2.75, 3.05) is 18.9 Å². The largest absolute Gasteiger partial charge is 0.424 e. The number of fused-ring (bicyclic) bond motifs is 1. The van der Waals surface area contributed by atoms with E-state index >= 15 is 0 Å². The third-order valence-corrected chi connectivity index (χ3v) is 3.95. The zero-order valence-corrected chi connectivity index (χ0v) is 12.1. The predicted octanol–water partition coefficient (Wildman–Crippen LogP) is 2.63. The third kappa shape index (κ3) is 2.97. The first kappa shape index (κ1) is 13.8. The van der Waals surface area contributed by atoms with Gasteiger partial charge < -0.3 is 9.73 Å². The van der Waals surface area contributed by atoms with Crippen LogP contribution in [-0.4, -0.2) is 40.5 Å². The number of hydrogen-bond donors (Lipinski definition) is 1. The van der Waals surface area contributed by atoms with E-state index in [0.29, 0.717) is 29.2 Å². The van der Waals surface area contributed by atoms with Crippen LogP contribution in [0.2, 0.25) is 0 Å². The van der Waals surface area contributed by atoms with Crippen molar-refractivity contribution in [1.82, 2.24) is 9.88 Å². The molecule has 3 rings (SSSR count). The molecule has 1 unspecified atom stereocenters. The van der Waals surface area contributed by atoms with Gasteiger partial charge in [0.05, 0.1) is 4.92 Å². The number of likely N-dealkylation sites (N-methyl/N-ethyl adjacent to an activating group) is 1.